The summed E-state index contributed by atoms with van der Waals surface area (Å²) in [5, 5.41) is 6.13. The van der Waals surface area contributed by atoms with Gasteiger partial charge < -0.3 is 15.4 Å². The summed E-state index contributed by atoms with van der Waals surface area (Å²) in [6, 6.07) is 15.8. The van der Waals surface area contributed by atoms with E-state index in [-0.39, 0.29) is 5.91 Å². The number of hydrogen-bond donors (Lipinski definition) is 2. The van der Waals surface area contributed by atoms with Gasteiger partial charge in [-0.25, -0.2) is 0 Å². The summed E-state index contributed by atoms with van der Waals surface area (Å²) < 4.78 is 5.32. The molecule has 0 unspecified atom stereocenters. The van der Waals surface area contributed by atoms with Crippen LogP contribution in [0, 0.1) is 0 Å². The standard InChI is InChI=1S/C19H24N2O2/c1-3-15-8-4-6-10-17(15)21-19(22)14-20-13-12-16-9-5-7-11-18(16)23-2/h4-11,20H,3,12-14H2,1-2H3,(H,21,22). The van der Waals surface area contributed by atoms with Crippen LogP contribution in [0.5, 0.6) is 5.75 Å². The van der Waals surface area contributed by atoms with Gasteiger partial charge in [0.25, 0.3) is 0 Å². The predicted octanol–water partition coefficient (Wildman–Crippen LogP) is 3.03. The fraction of sp³-hybridized carbons (Fsp3) is 0.316. The summed E-state index contributed by atoms with van der Waals surface area (Å²) in [6.07, 6.45) is 1.72. The molecule has 0 atom stereocenters. The summed E-state index contributed by atoms with van der Waals surface area (Å²) in [6.45, 7) is 3.10. The molecule has 1 amide bonds. The van der Waals surface area contributed by atoms with Crippen molar-refractivity contribution in [3.8, 4) is 5.75 Å². The highest BCUT2D eigenvalue weighted by Gasteiger charge is 2.06. The maximum absolute atomic E-state index is 12.0. The van der Waals surface area contributed by atoms with Crippen LogP contribution in [-0.2, 0) is 17.6 Å². The number of nitrogens with one attached hydrogen (secondary N) is 2. The Hall–Kier alpha value is -2.33. The summed E-state index contributed by atoms with van der Waals surface area (Å²) in [5.41, 5.74) is 3.18. The van der Waals surface area contributed by atoms with Gasteiger partial charge in [0.05, 0.1) is 13.7 Å². The van der Waals surface area contributed by atoms with Gasteiger partial charge in [-0.2, -0.15) is 0 Å². The van der Waals surface area contributed by atoms with Crippen molar-refractivity contribution in [3.63, 3.8) is 0 Å². The summed E-state index contributed by atoms with van der Waals surface area (Å²) in [4.78, 5) is 12.0. The number of carbonyl (C=O) groups excluding carboxylic acids is 1. The second-order valence-corrected chi connectivity index (χ2v) is 5.30. The fourth-order valence-corrected chi connectivity index (χ4v) is 2.48. The van der Waals surface area contributed by atoms with Crippen molar-refractivity contribution in [2.45, 2.75) is 19.8 Å². The highest BCUT2D eigenvalue weighted by atomic mass is 16.5. The molecule has 0 spiro atoms. The Morgan fingerprint density at radius 1 is 1.04 bits per heavy atom. The lowest BCUT2D eigenvalue weighted by Gasteiger charge is -2.11. The van der Waals surface area contributed by atoms with Crippen molar-refractivity contribution in [2.24, 2.45) is 0 Å². The number of para-hydroxylation sites is 2. The molecule has 0 aliphatic heterocycles. The quantitative estimate of drug-likeness (QED) is 0.737. The number of amides is 1. The number of rotatable bonds is 8. The SMILES string of the molecule is CCc1ccccc1NC(=O)CNCCc1ccccc1OC. The topological polar surface area (TPSA) is 50.4 Å². The number of aryl methyl sites for hydroxylation is 1. The van der Waals surface area contributed by atoms with E-state index in [1.807, 2.05) is 48.5 Å². The minimum atomic E-state index is -0.0223. The van der Waals surface area contributed by atoms with Gasteiger partial charge in [-0.15, -0.1) is 0 Å². The van der Waals surface area contributed by atoms with E-state index in [0.29, 0.717) is 6.54 Å². The Labute approximate surface area is 137 Å². The Bertz CT molecular complexity index is 641. The zero-order valence-corrected chi connectivity index (χ0v) is 13.8. The number of ether oxygens (including phenoxy) is 1. The monoisotopic (exact) mass is 312 g/mol. The van der Waals surface area contributed by atoms with Crippen molar-refractivity contribution in [1.29, 1.82) is 0 Å². The van der Waals surface area contributed by atoms with Gasteiger partial charge >= 0.3 is 0 Å². The van der Waals surface area contributed by atoms with E-state index in [0.717, 1.165) is 42.0 Å². The van der Waals surface area contributed by atoms with E-state index in [4.69, 9.17) is 4.74 Å². The molecule has 2 aromatic rings. The van der Waals surface area contributed by atoms with Gasteiger partial charge in [-0.1, -0.05) is 43.3 Å². The normalized spacial score (nSPS) is 10.3. The number of carbonyl (C=O) groups is 1. The van der Waals surface area contributed by atoms with Crippen molar-refractivity contribution < 1.29 is 9.53 Å². The summed E-state index contributed by atoms with van der Waals surface area (Å²) >= 11 is 0. The fourth-order valence-electron chi connectivity index (χ4n) is 2.48. The predicted molar refractivity (Wildman–Crippen MR) is 94.0 cm³/mol. The van der Waals surface area contributed by atoms with Crippen LogP contribution in [0.1, 0.15) is 18.1 Å². The lowest BCUT2D eigenvalue weighted by Crippen LogP contribution is -2.29. The van der Waals surface area contributed by atoms with Gasteiger partial charge in [0, 0.05) is 5.69 Å². The number of methoxy groups -OCH3 is 1. The average molecular weight is 312 g/mol. The molecule has 0 radical (unpaired) electrons. The van der Waals surface area contributed by atoms with Crippen molar-refractivity contribution in [3.05, 3.63) is 59.7 Å². The largest absolute Gasteiger partial charge is 0.496 e. The minimum absolute atomic E-state index is 0.0223. The molecular formula is C19H24N2O2. The molecule has 0 saturated carbocycles. The van der Waals surface area contributed by atoms with E-state index >= 15 is 0 Å². The van der Waals surface area contributed by atoms with Crippen LogP contribution in [0.2, 0.25) is 0 Å². The molecular weight excluding hydrogens is 288 g/mol. The first-order valence-electron chi connectivity index (χ1n) is 7.95. The highest BCUT2D eigenvalue weighted by Crippen LogP contribution is 2.17. The third-order valence-corrected chi connectivity index (χ3v) is 3.72. The Morgan fingerprint density at radius 2 is 1.74 bits per heavy atom. The lowest BCUT2D eigenvalue weighted by atomic mass is 10.1. The number of benzene rings is 2. The van der Waals surface area contributed by atoms with Crippen LogP contribution in [0.3, 0.4) is 0 Å². The lowest BCUT2D eigenvalue weighted by molar-refractivity contribution is -0.115. The molecule has 2 N–H and O–H groups in total. The molecule has 0 heterocycles. The zero-order chi connectivity index (χ0) is 16.5. The van der Waals surface area contributed by atoms with Crippen molar-refractivity contribution in [1.82, 2.24) is 5.32 Å². The van der Waals surface area contributed by atoms with E-state index < -0.39 is 0 Å². The van der Waals surface area contributed by atoms with E-state index in [1.54, 1.807) is 7.11 Å². The first-order chi connectivity index (χ1) is 11.2. The summed E-state index contributed by atoms with van der Waals surface area (Å²) in [7, 11) is 1.67. The number of anilines is 1. The molecule has 0 aliphatic rings. The van der Waals surface area contributed by atoms with Crippen molar-refractivity contribution in [2.75, 3.05) is 25.5 Å². The first-order valence-corrected chi connectivity index (χ1v) is 7.95. The molecule has 122 valence electrons. The van der Waals surface area contributed by atoms with Gasteiger partial charge in [0.15, 0.2) is 0 Å². The maximum atomic E-state index is 12.0. The molecule has 0 aliphatic carbocycles. The highest BCUT2D eigenvalue weighted by molar-refractivity contribution is 5.92. The molecule has 4 nitrogen and oxygen atoms in total. The molecule has 0 saturated heterocycles. The Morgan fingerprint density at radius 3 is 2.48 bits per heavy atom. The molecule has 4 heteroatoms. The minimum Gasteiger partial charge on any atom is -0.496 e. The van der Waals surface area contributed by atoms with Crippen LogP contribution >= 0.6 is 0 Å². The molecule has 0 aromatic heterocycles. The van der Waals surface area contributed by atoms with E-state index in [1.165, 1.54) is 0 Å². The molecule has 23 heavy (non-hydrogen) atoms. The summed E-state index contributed by atoms with van der Waals surface area (Å²) in [5.74, 6) is 0.863. The zero-order valence-electron chi connectivity index (χ0n) is 13.8. The average Bonchev–Trinajstić information content (AvgIpc) is 2.59. The van der Waals surface area contributed by atoms with Gasteiger partial charge in [-0.05, 0) is 42.6 Å². The van der Waals surface area contributed by atoms with Crippen molar-refractivity contribution >= 4 is 11.6 Å². The Balaban J connectivity index is 1.77. The molecule has 0 fully saturated rings. The third-order valence-electron chi connectivity index (χ3n) is 3.72. The van der Waals surface area contributed by atoms with Gasteiger partial charge in [0.1, 0.15) is 5.75 Å². The van der Waals surface area contributed by atoms with Crippen LogP contribution in [-0.4, -0.2) is 26.1 Å². The van der Waals surface area contributed by atoms with E-state index in [2.05, 4.69) is 17.6 Å². The second kappa shape index (κ2) is 8.96. The number of hydrogen-bond acceptors (Lipinski definition) is 3. The van der Waals surface area contributed by atoms with Gasteiger partial charge in [0.2, 0.25) is 5.91 Å². The van der Waals surface area contributed by atoms with Crippen LogP contribution in [0.4, 0.5) is 5.69 Å². The third kappa shape index (κ3) is 5.11. The van der Waals surface area contributed by atoms with E-state index in [9.17, 15) is 4.79 Å². The second-order valence-electron chi connectivity index (χ2n) is 5.30. The van der Waals surface area contributed by atoms with Crippen LogP contribution < -0.4 is 15.4 Å². The Kier molecular flexibility index (Phi) is 6.63. The van der Waals surface area contributed by atoms with Crippen LogP contribution in [0.15, 0.2) is 48.5 Å². The molecule has 0 bridgehead atoms. The molecule has 2 aromatic carbocycles. The van der Waals surface area contributed by atoms with Crippen LogP contribution in [0.25, 0.3) is 0 Å². The first kappa shape index (κ1) is 17.0. The maximum Gasteiger partial charge on any atom is 0.238 e. The molecule has 2 rings (SSSR count). The van der Waals surface area contributed by atoms with Gasteiger partial charge in [-0.3, -0.25) is 4.79 Å². The smallest absolute Gasteiger partial charge is 0.238 e.